The van der Waals surface area contributed by atoms with Gasteiger partial charge in [-0.25, -0.2) is 4.68 Å². The minimum atomic E-state index is 0.00543. The minimum absolute atomic E-state index is 0.00543. The summed E-state index contributed by atoms with van der Waals surface area (Å²) >= 11 is 0. The second kappa shape index (κ2) is 5.96. The number of rotatable bonds is 5. The molecule has 1 aromatic heterocycles. The Bertz CT molecular complexity index is 407. The number of aromatic nitrogens is 2. The zero-order valence-corrected chi connectivity index (χ0v) is 10.5. The van der Waals surface area contributed by atoms with E-state index in [-0.39, 0.29) is 5.56 Å². The Morgan fingerprint density at radius 3 is 2.94 bits per heavy atom. The first kappa shape index (κ1) is 12.3. The molecule has 4 heteroatoms. The first-order valence-electron chi connectivity index (χ1n) is 6.53. The van der Waals surface area contributed by atoms with E-state index in [1.807, 2.05) is 6.92 Å². The molecule has 94 valence electrons. The van der Waals surface area contributed by atoms with E-state index in [1.54, 1.807) is 16.9 Å². The third-order valence-corrected chi connectivity index (χ3v) is 3.34. The standard InChI is InChI=1S/C13H21N3O/c1-11-9-13(17)16(15-10-11)8-4-7-14-12-5-2-3-6-12/h9-10,12,14H,2-8H2,1H3. The fourth-order valence-corrected chi connectivity index (χ4v) is 2.36. The van der Waals surface area contributed by atoms with E-state index in [2.05, 4.69) is 10.4 Å². The van der Waals surface area contributed by atoms with Gasteiger partial charge in [0.05, 0.1) is 6.20 Å². The predicted octanol–water partition coefficient (Wildman–Crippen LogP) is 1.47. The molecule has 0 atom stereocenters. The van der Waals surface area contributed by atoms with Crippen LogP contribution in [0.4, 0.5) is 0 Å². The van der Waals surface area contributed by atoms with Gasteiger partial charge in [-0.2, -0.15) is 5.10 Å². The van der Waals surface area contributed by atoms with Crippen LogP contribution in [0.25, 0.3) is 0 Å². The maximum Gasteiger partial charge on any atom is 0.266 e. The Morgan fingerprint density at radius 2 is 2.24 bits per heavy atom. The lowest BCUT2D eigenvalue weighted by Gasteiger charge is -2.11. The van der Waals surface area contributed by atoms with Gasteiger partial charge in [0.2, 0.25) is 0 Å². The topological polar surface area (TPSA) is 46.9 Å². The highest BCUT2D eigenvalue weighted by atomic mass is 16.1. The molecule has 0 aliphatic heterocycles. The second-order valence-electron chi connectivity index (χ2n) is 4.88. The van der Waals surface area contributed by atoms with E-state index in [4.69, 9.17) is 0 Å². The van der Waals surface area contributed by atoms with Crippen molar-refractivity contribution in [2.24, 2.45) is 0 Å². The molecule has 1 aliphatic rings. The highest BCUT2D eigenvalue weighted by Gasteiger charge is 2.13. The largest absolute Gasteiger partial charge is 0.314 e. The first-order chi connectivity index (χ1) is 8.25. The van der Waals surface area contributed by atoms with Crippen LogP contribution in [0.3, 0.4) is 0 Å². The number of nitrogens with zero attached hydrogens (tertiary/aromatic N) is 2. The van der Waals surface area contributed by atoms with Crippen molar-refractivity contribution in [3.05, 3.63) is 28.2 Å². The maximum absolute atomic E-state index is 11.6. The summed E-state index contributed by atoms with van der Waals surface area (Å²) < 4.78 is 1.54. The lowest BCUT2D eigenvalue weighted by atomic mass is 10.2. The van der Waals surface area contributed by atoms with Crippen molar-refractivity contribution in [3.63, 3.8) is 0 Å². The molecule has 0 bridgehead atoms. The highest BCUT2D eigenvalue weighted by Crippen LogP contribution is 2.17. The molecule has 0 saturated heterocycles. The summed E-state index contributed by atoms with van der Waals surface area (Å²) in [6, 6.07) is 2.34. The fraction of sp³-hybridized carbons (Fsp3) is 0.692. The van der Waals surface area contributed by atoms with Crippen LogP contribution < -0.4 is 10.9 Å². The summed E-state index contributed by atoms with van der Waals surface area (Å²) in [6.45, 7) is 3.58. The quantitative estimate of drug-likeness (QED) is 0.786. The van der Waals surface area contributed by atoms with Crippen LogP contribution in [0.1, 0.15) is 37.7 Å². The molecule has 1 saturated carbocycles. The van der Waals surface area contributed by atoms with Crippen LogP contribution in [0.5, 0.6) is 0 Å². The minimum Gasteiger partial charge on any atom is -0.314 e. The Labute approximate surface area is 102 Å². The maximum atomic E-state index is 11.6. The van der Waals surface area contributed by atoms with Gasteiger partial charge in [0.15, 0.2) is 0 Å². The molecule has 1 N–H and O–H groups in total. The number of hydrogen-bond acceptors (Lipinski definition) is 3. The Hall–Kier alpha value is -1.16. The molecule has 2 rings (SSSR count). The molecular weight excluding hydrogens is 214 g/mol. The average molecular weight is 235 g/mol. The average Bonchev–Trinajstić information content (AvgIpc) is 2.79. The van der Waals surface area contributed by atoms with E-state index in [0.29, 0.717) is 12.6 Å². The second-order valence-corrected chi connectivity index (χ2v) is 4.88. The molecule has 1 heterocycles. The lowest BCUT2D eigenvalue weighted by molar-refractivity contribution is 0.474. The smallest absolute Gasteiger partial charge is 0.266 e. The molecule has 4 nitrogen and oxygen atoms in total. The van der Waals surface area contributed by atoms with Crippen molar-refractivity contribution < 1.29 is 0 Å². The molecule has 17 heavy (non-hydrogen) atoms. The van der Waals surface area contributed by atoms with Crippen LogP contribution in [-0.2, 0) is 6.54 Å². The van der Waals surface area contributed by atoms with Crippen LogP contribution in [-0.4, -0.2) is 22.4 Å². The van der Waals surface area contributed by atoms with Crippen LogP contribution in [0.2, 0.25) is 0 Å². The van der Waals surface area contributed by atoms with E-state index in [9.17, 15) is 4.79 Å². The molecule has 0 amide bonds. The van der Waals surface area contributed by atoms with E-state index < -0.39 is 0 Å². The van der Waals surface area contributed by atoms with Gasteiger partial charge in [0, 0.05) is 18.7 Å². The van der Waals surface area contributed by atoms with Crippen molar-refractivity contribution in [2.45, 2.75) is 51.6 Å². The van der Waals surface area contributed by atoms with Gasteiger partial charge in [0.1, 0.15) is 0 Å². The van der Waals surface area contributed by atoms with Crippen molar-refractivity contribution in [3.8, 4) is 0 Å². The summed E-state index contributed by atoms with van der Waals surface area (Å²) in [5.74, 6) is 0. The van der Waals surface area contributed by atoms with E-state index in [1.165, 1.54) is 25.7 Å². The van der Waals surface area contributed by atoms with Crippen molar-refractivity contribution >= 4 is 0 Å². The van der Waals surface area contributed by atoms with Crippen LogP contribution >= 0.6 is 0 Å². The van der Waals surface area contributed by atoms with Crippen molar-refractivity contribution in [2.75, 3.05) is 6.54 Å². The Morgan fingerprint density at radius 1 is 1.47 bits per heavy atom. The van der Waals surface area contributed by atoms with Gasteiger partial charge in [-0.1, -0.05) is 12.8 Å². The lowest BCUT2D eigenvalue weighted by Crippen LogP contribution is -2.29. The zero-order chi connectivity index (χ0) is 12.1. The molecule has 0 aromatic carbocycles. The molecule has 1 aromatic rings. The molecule has 1 fully saturated rings. The summed E-state index contributed by atoms with van der Waals surface area (Å²) in [6.07, 6.45) is 8.04. The normalized spacial score (nSPS) is 16.5. The van der Waals surface area contributed by atoms with Crippen molar-refractivity contribution in [1.29, 1.82) is 0 Å². The zero-order valence-electron chi connectivity index (χ0n) is 10.5. The van der Waals surface area contributed by atoms with Crippen LogP contribution in [0, 0.1) is 6.92 Å². The summed E-state index contributed by atoms with van der Waals surface area (Å²) in [5.41, 5.74) is 0.932. The number of aryl methyl sites for hydroxylation is 2. The Balaban J connectivity index is 1.72. The van der Waals surface area contributed by atoms with Gasteiger partial charge >= 0.3 is 0 Å². The molecule has 0 unspecified atom stereocenters. The van der Waals surface area contributed by atoms with Gasteiger partial charge in [-0.05, 0) is 38.3 Å². The molecule has 1 aliphatic carbocycles. The first-order valence-corrected chi connectivity index (χ1v) is 6.53. The third kappa shape index (κ3) is 3.66. The van der Waals surface area contributed by atoms with Gasteiger partial charge < -0.3 is 5.32 Å². The summed E-state index contributed by atoms with van der Waals surface area (Å²) in [7, 11) is 0. The summed E-state index contributed by atoms with van der Waals surface area (Å²) in [4.78, 5) is 11.6. The number of hydrogen-bond donors (Lipinski definition) is 1. The van der Waals surface area contributed by atoms with Gasteiger partial charge in [-0.3, -0.25) is 4.79 Å². The Kier molecular flexibility index (Phi) is 4.31. The van der Waals surface area contributed by atoms with Crippen molar-refractivity contribution in [1.82, 2.24) is 15.1 Å². The number of nitrogens with one attached hydrogen (secondary N) is 1. The predicted molar refractivity (Wildman–Crippen MR) is 68.1 cm³/mol. The van der Waals surface area contributed by atoms with E-state index >= 15 is 0 Å². The van der Waals surface area contributed by atoms with E-state index in [0.717, 1.165) is 18.5 Å². The van der Waals surface area contributed by atoms with Crippen LogP contribution in [0.15, 0.2) is 17.1 Å². The van der Waals surface area contributed by atoms with Gasteiger partial charge in [0.25, 0.3) is 5.56 Å². The SMILES string of the molecule is Cc1cnn(CCCNC2CCCC2)c(=O)c1. The third-order valence-electron chi connectivity index (χ3n) is 3.34. The molecule has 0 spiro atoms. The molecular formula is C13H21N3O. The monoisotopic (exact) mass is 235 g/mol. The fourth-order valence-electron chi connectivity index (χ4n) is 2.36. The highest BCUT2D eigenvalue weighted by molar-refractivity contribution is 5.02. The summed E-state index contributed by atoms with van der Waals surface area (Å²) in [5, 5.41) is 7.66. The van der Waals surface area contributed by atoms with Gasteiger partial charge in [-0.15, -0.1) is 0 Å². The molecule has 0 radical (unpaired) electrons.